The number of hydrogen-bond donors (Lipinski definition) is 2. The van der Waals surface area contributed by atoms with E-state index in [1.165, 1.54) is 7.11 Å². The molecule has 3 heterocycles. The first-order valence-corrected chi connectivity index (χ1v) is 15.4. The number of thiocarbonyl (C=S) groups is 1. The summed E-state index contributed by atoms with van der Waals surface area (Å²) in [5.41, 5.74) is 7.34. The van der Waals surface area contributed by atoms with Gasteiger partial charge in [0.15, 0.2) is 5.11 Å². The lowest BCUT2D eigenvalue weighted by Crippen LogP contribution is -2.29. The molecule has 1 fully saturated rings. The first-order chi connectivity index (χ1) is 19.5. The third-order valence-corrected chi connectivity index (χ3v) is 8.17. The fraction of sp³-hybridized carbons (Fsp3) is 0.267. The summed E-state index contributed by atoms with van der Waals surface area (Å²) in [4.78, 5) is 8.77. The van der Waals surface area contributed by atoms with Crippen LogP contribution in [0.15, 0.2) is 72.9 Å². The third-order valence-electron chi connectivity index (χ3n) is 7.27. The Morgan fingerprint density at radius 3 is 2.34 bits per heavy atom. The highest BCUT2D eigenvalue weighted by atomic mass is 32.2. The summed E-state index contributed by atoms with van der Waals surface area (Å²) in [5.74, 6) is 0.412. The Bertz CT molecular complexity index is 1690. The first kappa shape index (κ1) is 28.4. The fourth-order valence-electron chi connectivity index (χ4n) is 5.46. The van der Waals surface area contributed by atoms with E-state index in [2.05, 4.69) is 68.7 Å². The molecule has 214 valence electrons. The van der Waals surface area contributed by atoms with E-state index in [1.807, 2.05) is 43.3 Å². The van der Waals surface area contributed by atoms with Crippen molar-refractivity contribution in [1.82, 2.24) is 14.9 Å². The molecule has 0 unspecified atom stereocenters. The van der Waals surface area contributed by atoms with Crippen molar-refractivity contribution in [3.8, 4) is 11.4 Å². The number of aromatic nitrogens is 2. The minimum absolute atomic E-state index is 0.248. The lowest BCUT2D eigenvalue weighted by Gasteiger charge is -2.29. The van der Waals surface area contributed by atoms with Gasteiger partial charge in [-0.2, -0.15) is 0 Å². The van der Waals surface area contributed by atoms with E-state index in [-0.39, 0.29) is 12.1 Å². The van der Waals surface area contributed by atoms with Crippen LogP contribution in [-0.2, 0) is 10.0 Å². The highest BCUT2D eigenvalue weighted by Gasteiger charge is 2.42. The van der Waals surface area contributed by atoms with Crippen molar-refractivity contribution in [2.24, 2.45) is 0 Å². The first-order valence-electron chi connectivity index (χ1n) is 13.1. The topological polar surface area (TPSA) is 91.7 Å². The number of hydrogen-bond acceptors (Lipinski definition) is 6. The molecule has 5 rings (SSSR count). The summed E-state index contributed by atoms with van der Waals surface area (Å²) in [6.45, 7) is 4.21. The van der Waals surface area contributed by atoms with Gasteiger partial charge < -0.3 is 24.4 Å². The van der Waals surface area contributed by atoms with Crippen molar-refractivity contribution in [3.63, 3.8) is 0 Å². The molecule has 2 N–H and O–H groups in total. The number of pyridine rings is 1. The SMILES string of the molecule is COc1ccc(N2C(=S)N[C@H](c3ccccn3)[C@H]2c2cc(C)n(-c3ccc(N(C)C)cc3)c2C)cc1NS(C)(=O)=O. The Balaban J connectivity index is 1.66. The van der Waals surface area contributed by atoms with Gasteiger partial charge in [0.2, 0.25) is 10.0 Å². The molecule has 1 aliphatic rings. The molecule has 2 aromatic carbocycles. The lowest BCUT2D eigenvalue weighted by molar-refractivity contribution is 0.417. The van der Waals surface area contributed by atoms with Gasteiger partial charge in [-0.3, -0.25) is 9.71 Å². The summed E-state index contributed by atoms with van der Waals surface area (Å²) in [7, 11) is 2.01. The van der Waals surface area contributed by atoms with E-state index in [0.29, 0.717) is 16.5 Å². The third kappa shape index (κ3) is 5.59. The van der Waals surface area contributed by atoms with Crippen molar-refractivity contribution in [2.75, 3.05) is 42.0 Å². The van der Waals surface area contributed by atoms with Crippen LogP contribution < -0.4 is 24.6 Å². The lowest BCUT2D eigenvalue weighted by atomic mass is 9.96. The highest BCUT2D eigenvalue weighted by molar-refractivity contribution is 7.92. The molecule has 11 heteroatoms. The Kier molecular flexibility index (Phi) is 7.67. The minimum Gasteiger partial charge on any atom is -0.495 e. The number of ether oxygens (including phenoxy) is 1. The molecule has 1 aliphatic heterocycles. The van der Waals surface area contributed by atoms with Crippen LogP contribution in [0.1, 0.15) is 34.7 Å². The van der Waals surface area contributed by atoms with Gasteiger partial charge in [-0.25, -0.2) is 8.42 Å². The molecule has 0 amide bonds. The van der Waals surface area contributed by atoms with Crippen LogP contribution >= 0.6 is 12.2 Å². The van der Waals surface area contributed by atoms with E-state index in [9.17, 15) is 8.42 Å². The number of sulfonamides is 1. The van der Waals surface area contributed by atoms with Gasteiger partial charge in [0, 0.05) is 48.7 Å². The molecule has 0 spiro atoms. The van der Waals surface area contributed by atoms with E-state index in [4.69, 9.17) is 17.0 Å². The number of anilines is 3. The maximum Gasteiger partial charge on any atom is 0.229 e. The van der Waals surface area contributed by atoms with Crippen LogP contribution in [0.5, 0.6) is 5.75 Å². The molecule has 4 aromatic rings. The predicted molar refractivity (Wildman–Crippen MR) is 169 cm³/mol. The van der Waals surface area contributed by atoms with Crippen LogP contribution in [-0.4, -0.2) is 50.5 Å². The van der Waals surface area contributed by atoms with Gasteiger partial charge in [0.05, 0.1) is 36.8 Å². The smallest absolute Gasteiger partial charge is 0.229 e. The zero-order valence-electron chi connectivity index (χ0n) is 23.9. The quantitative estimate of drug-likeness (QED) is 0.274. The molecule has 0 radical (unpaired) electrons. The van der Waals surface area contributed by atoms with Crippen molar-refractivity contribution in [1.29, 1.82) is 0 Å². The maximum atomic E-state index is 12.1. The van der Waals surface area contributed by atoms with Crippen molar-refractivity contribution < 1.29 is 13.2 Å². The summed E-state index contributed by atoms with van der Waals surface area (Å²) in [6.07, 6.45) is 2.89. The second kappa shape index (κ2) is 11.1. The van der Waals surface area contributed by atoms with Gasteiger partial charge in [-0.05, 0) is 92.3 Å². The summed E-state index contributed by atoms with van der Waals surface area (Å²) < 4.78 is 34.5. The van der Waals surface area contributed by atoms with Gasteiger partial charge in [-0.15, -0.1) is 0 Å². The van der Waals surface area contributed by atoms with Crippen molar-refractivity contribution >= 4 is 44.4 Å². The van der Waals surface area contributed by atoms with E-state index in [0.717, 1.165) is 46.0 Å². The standard InChI is InChI=1S/C30H34N6O3S2/c1-19-17-24(20(2)35(19)22-12-10-21(11-13-22)34(3)4)29-28(25-9-7-8-16-31-25)32-30(40)36(29)23-14-15-27(39-5)26(18-23)33-41(6,37)38/h7-18,28-29,33H,1-6H3,(H,32,40)/t28-,29-/m1/s1. The average Bonchev–Trinajstić information content (AvgIpc) is 3.43. The van der Waals surface area contributed by atoms with Crippen LogP contribution in [0.25, 0.3) is 5.69 Å². The molecule has 2 aromatic heterocycles. The second-order valence-corrected chi connectivity index (χ2v) is 12.5. The number of aryl methyl sites for hydroxylation is 1. The van der Waals surface area contributed by atoms with E-state index >= 15 is 0 Å². The monoisotopic (exact) mass is 590 g/mol. The number of methoxy groups -OCH3 is 1. The molecular weight excluding hydrogens is 557 g/mol. The van der Waals surface area contributed by atoms with Gasteiger partial charge >= 0.3 is 0 Å². The number of nitrogens with zero attached hydrogens (tertiary/aromatic N) is 4. The predicted octanol–water partition coefficient (Wildman–Crippen LogP) is 5.11. The fourth-order valence-corrected chi connectivity index (χ4v) is 6.36. The van der Waals surface area contributed by atoms with Crippen LogP contribution in [0.4, 0.5) is 17.1 Å². The minimum atomic E-state index is -3.54. The average molecular weight is 591 g/mol. The Morgan fingerprint density at radius 1 is 1.02 bits per heavy atom. The van der Waals surface area contributed by atoms with Crippen LogP contribution in [0.2, 0.25) is 0 Å². The van der Waals surface area contributed by atoms with Crippen molar-refractivity contribution in [2.45, 2.75) is 25.9 Å². The van der Waals surface area contributed by atoms with Crippen LogP contribution in [0, 0.1) is 13.8 Å². The van der Waals surface area contributed by atoms with Crippen molar-refractivity contribution in [3.05, 3.63) is 95.6 Å². The normalized spacial score (nSPS) is 16.9. The Morgan fingerprint density at radius 2 is 1.73 bits per heavy atom. The van der Waals surface area contributed by atoms with Gasteiger partial charge in [0.1, 0.15) is 5.75 Å². The Hall–Kier alpha value is -4.09. The number of rotatable bonds is 8. The molecule has 2 atom stereocenters. The van der Waals surface area contributed by atoms with Crippen LogP contribution in [0.3, 0.4) is 0 Å². The molecule has 9 nitrogen and oxygen atoms in total. The summed E-state index contributed by atoms with van der Waals surface area (Å²) in [6, 6.07) is 21.4. The van der Waals surface area contributed by atoms with E-state index < -0.39 is 10.0 Å². The molecule has 1 saturated heterocycles. The largest absolute Gasteiger partial charge is 0.495 e. The molecule has 41 heavy (non-hydrogen) atoms. The molecule has 0 saturated carbocycles. The number of nitrogens with one attached hydrogen (secondary N) is 2. The Labute approximate surface area is 246 Å². The summed E-state index contributed by atoms with van der Waals surface area (Å²) in [5, 5.41) is 4.00. The number of benzene rings is 2. The molecular formula is C30H34N6O3S2. The molecule has 0 bridgehead atoms. The second-order valence-electron chi connectivity index (χ2n) is 10.3. The highest BCUT2D eigenvalue weighted by Crippen LogP contribution is 2.45. The van der Waals surface area contributed by atoms with E-state index in [1.54, 1.807) is 18.3 Å². The maximum absolute atomic E-state index is 12.1. The zero-order chi connectivity index (χ0) is 29.5. The van der Waals surface area contributed by atoms with Gasteiger partial charge in [0.25, 0.3) is 0 Å². The molecule has 0 aliphatic carbocycles. The zero-order valence-corrected chi connectivity index (χ0v) is 25.5. The van der Waals surface area contributed by atoms with Gasteiger partial charge in [-0.1, -0.05) is 6.07 Å². The summed E-state index contributed by atoms with van der Waals surface area (Å²) >= 11 is 5.91.